The summed E-state index contributed by atoms with van der Waals surface area (Å²) in [4.78, 5) is 25.9. The highest BCUT2D eigenvalue weighted by Gasteiger charge is 2.62. The van der Waals surface area contributed by atoms with E-state index in [4.69, 9.17) is 19.9 Å². The predicted molar refractivity (Wildman–Crippen MR) is 164 cm³/mol. The second-order valence-corrected chi connectivity index (χ2v) is 10.7. The van der Waals surface area contributed by atoms with Crippen LogP contribution in [0.1, 0.15) is 49.0 Å². The summed E-state index contributed by atoms with van der Waals surface area (Å²) in [5.41, 5.74) is 2.95. The van der Waals surface area contributed by atoms with Crippen molar-refractivity contribution in [1.29, 1.82) is 0 Å². The van der Waals surface area contributed by atoms with Gasteiger partial charge in [0.15, 0.2) is 0 Å². The fourth-order valence-corrected chi connectivity index (χ4v) is 4.62. The molecule has 0 saturated heterocycles. The van der Waals surface area contributed by atoms with Crippen LogP contribution in [0.5, 0.6) is 5.75 Å². The molecule has 0 unspecified atom stereocenters. The van der Waals surface area contributed by atoms with Gasteiger partial charge in [-0.3, -0.25) is 9.59 Å². The molecule has 0 aliphatic rings. The van der Waals surface area contributed by atoms with Crippen LogP contribution >= 0.6 is 12.4 Å². The lowest BCUT2D eigenvalue weighted by Gasteiger charge is -2.34. The number of nitrogens with two attached hydrogens (primary N) is 1. The minimum absolute atomic E-state index is 0. The van der Waals surface area contributed by atoms with Gasteiger partial charge < -0.3 is 35.7 Å². The van der Waals surface area contributed by atoms with Crippen LogP contribution in [0.2, 0.25) is 0 Å². The Morgan fingerprint density at radius 2 is 1.55 bits per heavy atom. The quantitative estimate of drug-likeness (QED) is 0.178. The second-order valence-electron chi connectivity index (χ2n) is 10.7. The molecule has 2 rings (SSSR count). The Hall–Kier alpha value is -2.90. The Bertz CT molecular complexity index is 1140. The van der Waals surface area contributed by atoms with Crippen LogP contribution in [0.4, 0.5) is 13.2 Å². The predicted octanol–water partition coefficient (Wildman–Crippen LogP) is 4.21. The molecule has 248 valence electrons. The first-order chi connectivity index (χ1) is 20.4. The molecule has 0 fully saturated rings. The minimum Gasteiger partial charge on any atom is -0.493 e. The summed E-state index contributed by atoms with van der Waals surface area (Å²) in [5, 5.41) is 15.7. The van der Waals surface area contributed by atoms with Crippen LogP contribution in [0.25, 0.3) is 0 Å². The summed E-state index contributed by atoms with van der Waals surface area (Å²) in [6.45, 7) is 4.64. The minimum atomic E-state index is -5.07. The van der Waals surface area contributed by atoms with E-state index in [9.17, 15) is 27.9 Å². The third kappa shape index (κ3) is 10.6. The first-order valence-corrected chi connectivity index (χ1v) is 14.3. The number of carbonyl (C=O) groups is 2. The molecule has 0 aromatic heterocycles. The fourth-order valence-electron chi connectivity index (χ4n) is 4.62. The number of unbranched alkanes of at least 4 members (excludes halogenated alkanes) is 1. The number of benzene rings is 2. The number of aliphatic hydroxyl groups excluding tert-OH is 1. The highest BCUT2D eigenvalue weighted by molar-refractivity contribution is 5.96. The maximum absolute atomic E-state index is 14.1. The molecular weight excluding hydrogens is 603 g/mol. The molecule has 2 aromatic rings. The van der Waals surface area contributed by atoms with E-state index in [0.717, 1.165) is 32.1 Å². The number of amides is 2. The lowest BCUT2D eigenvalue weighted by atomic mass is 9.87. The molecular formula is C31H45ClF3N3O6. The van der Waals surface area contributed by atoms with Crippen molar-refractivity contribution >= 4 is 24.2 Å². The van der Waals surface area contributed by atoms with Gasteiger partial charge >= 0.3 is 6.18 Å². The van der Waals surface area contributed by atoms with Crippen molar-refractivity contribution < 1.29 is 42.1 Å². The Balaban J connectivity index is 0.00000968. The van der Waals surface area contributed by atoms with Gasteiger partial charge in [-0.2, -0.15) is 13.2 Å². The van der Waals surface area contributed by atoms with E-state index in [2.05, 4.69) is 10.6 Å². The SMILES string of the molecule is COCCCCOc1ccccc1C(=O)NC[C@@H](C[C@H](N)[C@@H](O)CNC(=O)[C@](OC)(c1ccccc1)C(F)(F)F)C(C)C.Cl. The van der Waals surface area contributed by atoms with Gasteiger partial charge in [-0.25, -0.2) is 0 Å². The molecule has 5 N–H and O–H groups in total. The van der Waals surface area contributed by atoms with Gasteiger partial charge in [0, 0.05) is 45.5 Å². The Morgan fingerprint density at radius 1 is 0.932 bits per heavy atom. The number of para-hydroxylation sites is 1. The smallest absolute Gasteiger partial charge is 0.430 e. The fraction of sp³-hybridized carbons (Fsp3) is 0.548. The molecule has 0 spiro atoms. The summed E-state index contributed by atoms with van der Waals surface area (Å²) >= 11 is 0. The third-order valence-electron chi connectivity index (χ3n) is 7.35. The normalized spacial score (nSPS) is 15.0. The Morgan fingerprint density at radius 3 is 2.14 bits per heavy atom. The molecule has 4 atom stereocenters. The van der Waals surface area contributed by atoms with Crippen molar-refractivity contribution in [3.63, 3.8) is 0 Å². The van der Waals surface area contributed by atoms with Gasteiger partial charge in [0.2, 0.25) is 0 Å². The standard InChI is InChI=1S/C31H44F3N3O6.ClH/c1-21(2)22(19-36-28(39)24-14-8-9-15-27(24)43-17-11-10-16-41-3)18-25(35)26(38)20-37-29(40)30(42-4,31(32,33)34)23-12-6-5-7-13-23;/h5-9,12-15,21-22,25-26,38H,10-11,16-20,35H2,1-4H3,(H,36,39)(H,37,40);1H/t22-,25+,26+,30-;/m1./s1. The molecule has 2 amide bonds. The van der Waals surface area contributed by atoms with Crippen molar-refractivity contribution in [1.82, 2.24) is 10.6 Å². The zero-order chi connectivity index (χ0) is 32.0. The molecule has 0 bridgehead atoms. The van der Waals surface area contributed by atoms with E-state index in [-0.39, 0.29) is 43.1 Å². The van der Waals surface area contributed by atoms with Gasteiger partial charge in [0.25, 0.3) is 17.4 Å². The summed E-state index contributed by atoms with van der Waals surface area (Å²) in [6.07, 6.45) is -4.59. The lowest BCUT2D eigenvalue weighted by molar-refractivity contribution is -0.265. The number of nitrogens with one attached hydrogen (secondary N) is 2. The van der Waals surface area contributed by atoms with Crippen molar-refractivity contribution in [2.45, 2.75) is 57.0 Å². The first-order valence-electron chi connectivity index (χ1n) is 14.3. The maximum Gasteiger partial charge on any atom is 0.430 e. The molecule has 0 heterocycles. The summed E-state index contributed by atoms with van der Waals surface area (Å²) < 4.78 is 58.0. The zero-order valence-corrected chi connectivity index (χ0v) is 26.4. The monoisotopic (exact) mass is 647 g/mol. The largest absolute Gasteiger partial charge is 0.493 e. The number of hydrogen-bond donors (Lipinski definition) is 4. The molecule has 13 heteroatoms. The molecule has 9 nitrogen and oxygen atoms in total. The molecule has 0 aliphatic heterocycles. The van der Waals surface area contributed by atoms with Gasteiger partial charge in [0.05, 0.1) is 18.3 Å². The zero-order valence-electron chi connectivity index (χ0n) is 25.6. The number of alkyl halides is 3. The van der Waals surface area contributed by atoms with E-state index in [1.165, 1.54) is 18.2 Å². The van der Waals surface area contributed by atoms with E-state index >= 15 is 0 Å². The van der Waals surface area contributed by atoms with E-state index < -0.39 is 41.9 Å². The highest BCUT2D eigenvalue weighted by atomic mass is 35.5. The number of ether oxygens (including phenoxy) is 3. The molecule has 2 aromatic carbocycles. The van der Waals surface area contributed by atoms with Crippen LogP contribution in [-0.4, -0.2) is 75.8 Å². The van der Waals surface area contributed by atoms with Crippen LogP contribution < -0.4 is 21.1 Å². The van der Waals surface area contributed by atoms with E-state index in [0.29, 0.717) is 24.5 Å². The highest BCUT2D eigenvalue weighted by Crippen LogP contribution is 2.42. The van der Waals surface area contributed by atoms with Gasteiger partial charge in [-0.15, -0.1) is 12.4 Å². The average Bonchev–Trinajstić information content (AvgIpc) is 2.98. The van der Waals surface area contributed by atoms with Crippen LogP contribution in [0.15, 0.2) is 54.6 Å². The number of rotatable bonds is 18. The van der Waals surface area contributed by atoms with E-state index in [1.807, 2.05) is 13.8 Å². The van der Waals surface area contributed by atoms with Gasteiger partial charge in [-0.05, 0) is 43.2 Å². The van der Waals surface area contributed by atoms with Crippen LogP contribution in [0.3, 0.4) is 0 Å². The molecule has 0 radical (unpaired) electrons. The van der Waals surface area contributed by atoms with Gasteiger partial charge in [0.1, 0.15) is 5.75 Å². The summed E-state index contributed by atoms with van der Waals surface area (Å²) in [6, 6.07) is 12.6. The van der Waals surface area contributed by atoms with Crippen molar-refractivity contribution in [2.75, 3.05) is 40.5 Å². The lowest BCUT2D eigenvalue weighted by Crippen LogP contribution is -2.57. The number of carbonyl (C=O) groups excluding carboxylic acids is 2. The maximum atomic E-state index is 14.1. The Kier molecular flexibility index (Phi) is 16.7. The average molecular weight is 648 g/mol. The van der Waals surface area contributed by atoms with Gasteiger partial charge in [-0.1, -0.05) is 56.3 Å². The second kappa shape index (κ2) is 18.8. The van der Waals surface area contributed by atoms with Crippen LogP contribution in [-0.2, 0) is 19.9 Å². The van der Waals surface area contributed by atoms with E-state index in [1.54, 1.807) is 31.4 Å². The Labute approximate surface area is 263 Å². The first kappa shape index (κ1) is 39.1. The molecule has 0 saturated carbocycles. The summed E-state index contributed by atoms with van der Waals surface area (Å²) in [5.74, 6) is -1.47. The van der Waals surface area contributed by atoms with Crippen LogP contribution in [0, 0.1) is 11.8 Å². The third-order valence-corrected chi connectivity index (χ3v) is 7.35. The number of methoxy groups -OCH3 is 2. The number of halogens is 4. The molecule has 44 heavy (non-hydrogen) atoms. The number of hydrogen-bond acceptors (Lipinski definition) is 7. The van der Waals surface area contributed by atoms with Crippen molar-refractivity contribution in [2.24, 2.45) is 17.6 Å². The molecule has 0 aliphatic carbocycles. The van der Waals surface area contributed by atoms with Crippen molar-refractivity contribution in [3.05, 3.63) is 65.7 Å². The van der Waals surface area contributed by atoms with Crippen molar-refractivity contribution in [3.8, 4) is 5.75 Å². The summed E-state index contributed by atoms with van der Waals surface area (Å²) in [7, 11) is 2.43. The number of aliphatic hydroxyl groups is 1. The topological polar surface area (TPSA) is 132 Å².